The summed E-state index contributed by atoms with van der Waals surface area (Å²) in [5.41, 5.74) is -1.07. The maximum absolute atomic E-state index is 11.6. The molecule has 0 saturated heterocycles. The molecule has 116 valence electrons. The summed E-state index contributed by atoms with van der Waals surface area (Å²) in [6.45, 7) is 8.98. The number of ether oxygens (including phenoxy) is 3. The third-order valence-electron chi connectivity index (χ3n) is 2.04. The number of hydrogen-bond acceptors (Lipinski definition) is 5. The minimum Gasteiger partial charge on any atom is -0.444 e. The van der Waals surface area contributed by atoms with Gasteiger partial charge in [-0.25, -0.2) is 9.59 Å². The molecular formula is C14H25NO5. The Hall–Kier alpha value is -1.56. The summed E-state index contributed by atoms with van der Waals surface area (Å²) in [6.07, 6.45) is 2.92. The number of rotatable bonds is 6. The zero-order chi connectivity index (χ0) is 15.8. The van der Waals surface area contributed by atoms with E-state index in [1.807, 2.05) is 13.8 Å². The van der Waals surface area contributed by atoms with Gasteiger partial charge >= 0.3 is 12.1 Å². The molecule has 0 unspecified atom stereocenters. The van der Waals surface area contributed by atoms with Gasteiger partial charge in [0, 0.05) is 18.7 Å². The number of alkyl carbamates (subject to hydrolysis) is 1. The predicted octanol–water partition coefficient (Wildman–Crippen LogP) is 2.38. The Morgan fingerprint density at radius 1 is 1.15 bits per heavy atom. The van der Waals surface area contributed by atoms with Crippen molar-refractivity contribution >= 4 is 12.1 Å². The molecule has 0 fully saturated rings. The fraction of sp³-hybridized carbons (Fsp3) is 0.714. The fourth-order valence-corrected chi connectivity index (χ4v) is 1.25. The molecule has 0 spiro atoms. The molecule has 0 atom stereocenters. The van der Waals surface area contributed by atoms with Gasteiger partial charge in [0.15, 0.2) is 6.79 Å². The lowest BCUT2D eigenvalue weighted by Gasteiger charge is -2.27. The van der Waals surface area contributed by atoms with Gasteiger partial charge < -0.3 is 19.5 Å². The first kappa shape index (κ1) is 18.4. The largest absolute Gasteiger partial charge is 0.444 e. The Kier molecular flexibility index (Phi) is 7.28. The third-order valence-corrected chi connectivity index (χ3v) is 2.04. The van der Waals surface area contributed by atoms with E-state index in [1.54, 1.807) is 26.8 Å². The highest BCUT2D eigenvalue weighted by atomic mass is 16.7. The average Bonchev–Trinajstić information content (AvgIpc) is 2.22. The highest BCUT2D eigenvalue weighted by Gasteiger charge is 2.23. The van der Waals surface area contributed by atoms with Crippen molar-refractivity contribution < 1.29 is 23.8 Å². The number of amides is 1. The van der Waals surface area contributed by atoms with Crippen molar-refractivity contribution in [2.24, 2.45) is 0 Å². The van der Waals surface area contributed by atoms with Gasteiger partial charge in [-0.3, -0.25) is 0 Å². The molecule has 20 heavy (non-hydrogen) atoms. The molecule has 0 aliphatic carbocycles. The van der Waals surface area contributed by atoms with Crippen molar-refractivity contribution in [2.75, 3.05) is 13.9 Å². The molecule has 1 amide bonds. The first-order valence-electron chi connectivity index (χ1n) is 6.39. The van der Waals surface area contributed by atoms with Crippen molar-refractivity contribution in [1.82, 2.24) is 5.32 Å². The van der Waals surface area contributed by atoms with Crippen molar-refractivity contribution in [1.29, 1.82) is 0 Å². The lowest BCUT2D eigenvalue weighted by molar-refractivity contribution is -0.147. The van der Waals surface area contributed by atoms with Crippen LogP contribution in [-0.4, -0.2) is 37.1 Å². The second-order valence-electron chi connectivity index (χ2n) is 5.99. The van der Waals surface area contributed by atoms with Crippen molar-refractivity contribution in [3.05, 3.63) is 12.2 Å². The molecule has 0 aromatic heterocycles. The standard InChI is InChI=1S/C14H25NO5/c1-13(2,3)20-12(17)15-14(4,5)9-7-8-11(16)19-10-18-6/h7-8H,9-10H2,1-6H3,(H,15,17)/b8-7+. The van der Waals surface area contributed by atoms with E-state index in [9.17, 15) is 9.59 Å². The van der Waals surface area contributed by atoms with Crippen LogP contribution in [0.4, 0.5) is 4.79 Å². The maximum Gasteiger partial charge on any atom is 0.408 e. The Labute approximate surface area is 120 Å². The molecule has 0 aromatic rings. The molecule has 6 heteroatoms. The molecule has 0 aliphatic heterocycles. The number of esters is 1. The maximum atomic E-state index is 11.6. The van der Waals surface area contributed by atoms with Gasteiger partial charge in [0.2, 0.25) is 0 Å². The van der Waals surface area contributed by atoms with Gasteiger partial charge in [-0.2, -0.15) is 0 Å². The van der Waals surface area contributed by atoms with Crippen molar-refractivity contribution in [2.45, 2.75) is 52.2 Å². The summed E-state index contributed by atoms with van der Waals surface area (Å²) in [4.78, 5) is 22.8. The monoisotopic (exact) mass is 287 g/mol. The van der Waals surface area contributed by atoms with E-state index in [2.05, 4.69) is 10.1 Å². The van der Waals surface area contributed by atoms with Crippen LogP contribution >= 0.6 is 0 Å². The summed E-state index contributed by atoms with van der Waals surface area (Å²) in [6, 6.07) is 0. The van der Waals surface area contributed by atoms with Crippen LogP contribution < -0.4 is 5.32 Å². The minimum absolute atomic E-state index is 0.0806. The molecule has 0 rings (SSSR count). The lowest BCUT2D eigenvalue weighted by atomic mass is 10.0. The van der Waals surface area contributed by atoms with E-state index in [-0.39, 0.29) is 6.79 Å². The Balaban J connectivity index is 4.22. The van der Waals surface area contributed by atoms with Gasteiger partial charge in [-0.1, -0.05) is 6.08 Å². The quantitative estimate of drug-likeness (QED) is 0.461. The van der Waals surface area contributed by atoms with E-state index in [4.69, 9.17) is 9.47 Å². The molecule has 0 aromatic carbocycles. The highest BCUT2D eigenvalue weighted by molar-refractivity contribution is 5.81. The smallest absolute Gasteiger partial charge is 0.408 e. The van der Waals surface area contributed by atoms with Gasteiger partial charge in [-0.15, -0.1) is 0 Å². The first-order valence-corrected chi connectivity index (χ1v) is 6.39. The topological polar surface area (TPSA) is 73.9 Å². The van der Waals surface area contributed by atoms with Crippen LogP contribution in [0.1, 0.15) is 41.0 Å². The summed E-state index contributed by atoms with van der Waals surface area (Å²) < 4.78 is 14.5. The summed E-state index contributed by atoms with van der Waals surface area (Å²) in [7, 11) is 1.44. The zero-order valence-corrected chi connectivity index (χ0v) is 13.1. The second kappa shape index (κ2) is 7.89. The normalized spacial score (nSPS) is 12.3. The van der Waals surface area contributed by atoms with E-state index in [0.29, 0.717) is 6.42 Å². The van der Waals surface area contributed by atoms with E-state index in [0.717, 1.165) is 0 Å². The highest BCUT2D eigenvalue weighted by Crippen LogP contribution is 2.12. The Morgan fingerprint density at radius 2 is 1.75 bits per heavy atom. The van der Waals surface area contributed by atoms with Crippen LogP contribution in [-0.2, 0) is 19.0 Å². The van der Waals surface area contributed by atoms with Gasteiger partial charge in [0.1, 0.15) is 5.60 Å². The Bertz CT molecular complexity index is 355. The van der Waals surface area contributed by atoms with Gasteiger partial charge in [0.05, 0.1) is 0 Å². The zero-order valence-electron chi connectivity index (χ0n) is 13.1. The molecular weight excluding hydrogens is 262 g/mol. The molecule has 0 aliphatic rings. The lowest BCUT2D eigenvalue weighted by Crippen LogP contribution is -2.45. The molecule has 0 radical (unpaired) electrons. The average molecular weight is 287 g/mol. The first-order chi connectivity index (χ1) is 9.06. The number of nitrogens with one attached hydrogen (secondary N) is 1. The van der Waals surface area contributed by atoms with Crippen LogP contribution in [0.3, 0.4) is 0 Å². The van der Waals surface area contributed by atoms with Gasteiger partial charge in [-0.05, 0) is 41.0 Å². The Morgan fingerprint density at radius 3 is 2.25 bits per heavy atom. The molecule has 1 N–H and O–H groups in total. The summed E-state index contributed by atoms with van der Waals surface area (Å²) in [5, 5.41) is 2.74. The minimum atomic E-state index is -0.542. The molecule has 6 nitrogen and oxygen atoms in total. The van der Waals surface area contributed by atoms with Crippen LogP contribution in [0.15, 0.2) is 12.2 Å². The van der Waals surface area contributed by atoms with Crippen LogP contribution in [0, 0.1) is 0 Å². The van der Waals surface area contributed by atoms with Crippen LogP contribution in [0.25, 0.3) is 0 Å². The predicted molar refractivity (Wildman–Crippen MR) is 75.2 cm³/mol. The number of carbonyl (C=O) groups excluding carboxylic acids is 2. The molecule has 0 saturated carbocycles. The van der Waals surface area contributed by atoms with E-state index in [1.165, 1.54) is 13.2 Å². The SMILES string of the molecule is COCOC(=O)/C=C/CC(C)(C)NC(=O)OC(C)(C)C. The fourth-order valence-electron chi connectivity index (χ4n) is 1.25. The molecule has 0 heterocycles. The van der Waals surface area contributed by atoms with Crippen molar-refractivity contribution in [3.63, 3.8) is 0 Å². The van der Waals surface area contributed by atoms with Crippen molar-refractivity contribution in [3.8, 4) is 0 Å². The number of methoxy groups -OCH3 is 1. The van der Waals surface area contributed by atoms with Crippen LogP contribution in [0.2, 0.25) is 0 Å². The summed E-state index contributed by atoms with van der Waals surface area (Å²) in [5.74, 6) is -0.486. The van der Waals surface area contributed by atoms with E-state index < -0.39 is 23.2 Å². The van der Waals surface area contributed by atoms with Crippen LogP contribution in [0.5, 0.6) is 0 Å². The summed E-state index contributed by atoms with van der Waals surface area (Å²) >= 11 is 0. The van der Waals surface area contributed by atoms with Gasteiger partial charge in [0.25, 0.3) is 0 Å². The number of carbonyl (C=O) groups is 2. The van der Waals surface area contributed by atoms with E-state index >= 15 is 0 Å². The number of hydrogen-bond donors (Lipinski definition) is 1. The second-order valence-corrected chi connectivity index (χ2v) is 5.99. The third kappa shape index (κ3) is 10.4. The molecule has 0 bridgehead atoms.